The summed E-state index contributed by atoms with van der Waals surface area (Å²) in [5.41, 5.74) is 1.48. The maximum atomic E-state index is 9.95. The molecule has 1 aromatic rings. The number of rotatable bonds is 3. The summed E-state index contributed by atoms with van der Waals surface area (Å²) >= 11 is 0.630. The third kappa shape index (κ3) is 5.53. The summed E-state index contributed by atoms with van der Waals surface area (Å²) in [6, 6.07) is 5.44. The topological polar surface area (TPSA) is 62.0 Å². The predicted octanol–water partition coefficient (Wildman–Crippen LogP) is 1.10. The van der Waals surface area contributed by atoms with Gasteiger partial charge in [0.05, 0.1) is 7.11 Å². The van der Waals surface area contributed by atoms with Gasteiger partial charge in [0.2, 0.25) is 0 Å². The molecule has 0 unspecified atom stereocenters. The summed E-state index contributed by atoms with van der Waals surface area (Å²) in [6.07, 6.45) is 0. The van der Waals surface area contributed by atoms with Crippen molar-refractivity contribution >= 4 is 12.6 Å². The van der Waals surface area contributed by atoms with Crippen molar-refractivity contribution in [1.29, 1.82) is 0 Å². The van der Waals surface area contributed by atoms with E-state index < -0.39 is 7.12 Å². The summed E-state index contributed by atoms with van der Waals surface area (Å²) < 4.78 is 17.1. The average molecular weight is 411 g/mol. The molecular weight excluding hydrogens is 396 g/mol. The van der Waals surface area contributed by atoms with Gasteiger partial charge < -0.3 is 14.8 Å². The van der Waals surface area contributed by atoms with Gasteiger partial charge in [-0.2, -0.15) is 0 Å². The van der Waals surface area contributed by atoms with Crippen molar-refractivity contribution in [2.45, 2.75) is 19.8 Å². The molecule has 0 bridgehead atoms. The molecule has 0 heterocycles. The molecule has 4 nitrogen and oxygen atoms in total. The fourth-order valence-corrected chi connectivity index (χ4v) is 1.31. The molecule has 0 saturated carbocycles. The molecule has 0 aliphatic rings. The van der Waals surface area contributed by atoms with Crippen molar-refractivity contribution in [2.75, 3.05) is 7.11 Å². The number of hydrogen-bond donors (Lipinski definition) is 2. The van der Waals surface area contributed by atoms with E-state index in [1.165, 1.54) is 7.11 Å². The maximum absolute atomic E-state index is 9.95. The first-order valence-electron chi connectivity index (χ1n) is 4.95. The Morgan fingerprint density at radius 1 is 1.41 bits per heavy atom. The summed E-state index contributed by atoms with van der Waals surface area (Å²) in [6.45, 7) is 4.10. The van der Waals surface area contributed by atoms with Gasteiger partial charge in [0.15, 0.2) is 0 Å². The van der Waals surface area contributed by atoms with Crippen LogP contribution in [0.4, 0.5) is 4.48 Å². The number of methoxy groups -OCH3 is 1. The third-order valence-corrected chi connectivity index (χ3v) is 2.20. The Hall–Kier alpha value is -0.577. The van der Waals surface area contributed by atoms with Crippen LogP contribution in [-0.2, 0) is 19.6 Å². The Labute approximate surface area is 112 Å². The molecule has 7 heteroatoms. The molecule has 1 aromatic carbocycles. The van der Waals surface area contributed by atoms with Crippen LogP contribution in [-0.4, -0.2) is 24.3 Å². The molecule has 2 N–H and O–H groups in total. The summed E-state index contributed by atoms with van der Waals surface area (Å²) in [5.74, 6) is 0.864. The number of benzene rings is 1. The Balaban J connectivity index is 0.000000770. The van der Waals surface area contributed by atoms with Gasteiger partial charge in [-0.3, -0.25) is 0 Å². The molecule has 94 valence electrons. The molecule has 0 fully saturated rings. The van der Waals surface area contributed by atoms with Gasteiger partial charge in [0, 0.05) is 5.46 Å². The van der Waals surface area contributed by atoms with Crippen molar-refractivity contribution in [3.05, 3.63) is 23.8 Å². The minimum absolute atomic E-state index is 0.360. The van der Waals surface area contributed by atoms with Crippen LogP contribution in [0.15, 0.2) is 21.9 Å². The second kappa shape index (κ2) is 8.50. The van der Waals surface area contributed by atoms with Crippen LogP contribution in [0, 0.1) is 0 Å². The molecule has 0 spiro atoms. The van der Waals surface area contributed by atoms with Gasteiger partial charge in [-0.1, -0.05) is 26.0 Å². The van der Waals surface area contributed by atoms with Gasteiger partial charge in [0.1, 0.15) is 5.75 Å². The fraction of sp³-hybridized carbons (Fsp3) is 0.400. The van der Waals surface area contributed by atoms with E-state index in [-0.39, 0.29) is 0 Å². The first-order valence-corrected chi connectivity index (χ1v) is 6.26. The van der Waals surface area contributed by atoms with Crippen LogP contribution in [0.3, 0.4) is 0 Å². The van der Waals surface area contributed by atoms with Crippen molar-refractivity contribution in [1.82, 2.24) is 0 Å². The second-order valence-corrected chi connectivity index (χ2v) is 4.09. The average Bonchev–Trinajstić information content (AvgIpc) is 2.29. The molecular formula is C10H15BFNO3W. The normalized spacial score (nSPS) is 9.35. The SMILES string of the molecule is COc1ccc(C(C)C)cc1B(O)O.F[N]=[W]. The molecule has 17 heavy (non-hydrogen) atoms. The number of hydrogen-bond acceptors (Lipinski definition) is 4. The van der Waals surface area contributed by atoms with Crippen LogP contribution in [0.5, 0.6) is 5.75 Å². The number of halogens is 1. The molecule has 0 radical (unpaired) electrons. The Morgan fingerprint density at radius 3 is 2.29 bits per heavy atom. The van der Waals surface area contributed by atoms with Gasteiger partial charge in [-0.15, -0.1) is 0 Å². The van der Waals surface area contributed by atoms with E-state index in [1.54, 1.807) is 12.1 Å². The molecule has 0 atom stereocenters. The van der Waals surface area contributed by atoms with Crippen molar-refractivity contribution < 1.29 is 38.9 Å². The first-order chi connectivity index (χ1) is 7.97. The molecule has 0 aliphatic heterocycles. The van der Waals surface area contributed by atoms with Crippen LogP contribution >= 0.6 is 0 Å². The summed E-state index contributed by atoms with van der Waals surface area (Å²) in [5, 5.41) is 18.2. The van der Waals surface area contributed by atoms with E-state index in [4.69, 9.17) is 14.8 Å². The zero-order chi connectivity index (χ0) is 13.4. The van der Waals surface area contributed by atoms with Gasteiger partial charge in [-0.05, 0) is 17.5 Å². The molecule has 0 amide bonds. The van der Waals surface area contributed by atoms with Gasteiger partial charge in [0.25, 0.3) is 0 Å². The number of nitrogens with zero attached hydrogens (tertiary/aromatic N) is 1. The van der Waals surface area contributed by atoms with Gasteiger partial charge in [-0.25, -0.2) is 0 Å². The van der Waals surface area contributed by atoms with Gasteiger partial charge >= 0.3 is 34.9 Å². The monoisotopic (exact) mass is 411 g/mol. The Morgan fingerprint density at radius 2 is 1.94 bits per heavy atom. The zero-order valence-electron chi connectivity index (χ0n) is 9.92. The number of ether oxygens (including phenoxy) is 1. The minimum atomic E-state index is -1.48. The third-order valence-electron chi connectivity index (χ3n) is 2.20. The van der Waals surface area contributed by atoms with E-state index in [0.717, 1.165) is 5.56 Å². The quantitative estimate of drug-likeness (QED) is 0.734. The van der Waals surface area contributed by atoms with Crippen molar-refractivity contribution in [3.8, 4) is 5.75 Å². The van der Waals surface area contributed by atoms with Crippen molar-refractivity contribution in [3.63, 3.8) is 0 Å². The Bertz CT molecular complexity index is 363. The second-order valence-electron chi connectivity index (χ2n) is 3.60. The molecule has 0 aliphatic carbocycles. The van der Waals surface area contributed by atoms with Crippen molar-refractivity contribution in [2.24, 2.45) is 3.72 Å². The van der Waals surface area contributed by atoms with Crippen LogP contribution in [0.1, 0.15) is 25.3 Å². The van der Waals surface area contributed by atoms with Crippen LogP contribution in [0.2, 0.25) is 0 Å². The van der Waals surface area contributed by atoms with Crippen LogP contribution in [0.25, 0.3) is 0 Å². The predicted molar refractivity (Wildman–Crippen MR) is 60.4 cm³/mol. The van der Waals surface area contributed by atoms with Crippen LogP contribution < -0.4 is 10.2 Å². The zero-order valence-corrected chi connectivity index (χ0v) is 12.9. The van der Waals surface area contributed by atoms with E-state index in [0.29, 0.717) is 36.8 Å². The van der Waals surface area contributed by atoms with E-state index in [9.17, 15) is 4.48 Å². The summed E-state index contributed by atoms with van der Waals surface area (Å²) in [4.78, 5) is 0. The molecule has 1 rings (SSSR count). The molecule has 0 saturated heterocycles. The molecule has 0 aromatic heterocycles. The Kier molecular flexibility index (Phi) is 8.22. The standard InChI is InChI=1S/C10H15BO3.FN.W/c1-7(2)8-4-5-10(14-3)9(6-8)11(12)13;1-2;/h4-7,12-13H,1-3H3;;. The fourth-order valence-electron chi connectivity index (χ4n) is 1.31. The van der Waals surface area contributed by atoms with E-state index >= 15 is 0 Å². The first kappa shape index (κ1) is 16.4. The van der Waals surface area contributed by atoms with E-state index in [2.05, 4.69) is 17.6 Å². The summed E-state index contributed by atoms with van der Waals surface area (Å²) in [7, 11) is 0.0274. The van der Waals surface area contributed by atoms with E-state index in [1.807, 2.05) is 6.07 Å².